The summed E-state index contributed by atoms with van der Waals surface area (Å²) in [4.78, 5) is 31.4. The third-order valence-corrected chi connectivity index (χ3v) is 6.24. The normalized spacial score (nSPS) is 12.4. The van der Waals surface area contributed by atoms with Gasteiger partial charge in [0, 0.05) is 4.88 Å². The molecule has 6 heteroatoms. The van der Waals surface area contributed by atoms with Gasteiger partial charge in [0.25, 0.3) is 5.56 Å². The van der Waals surface area contributed by atoms with Crippen LogP contribution in [0.4, 0.5) is 0 Å². The Bertz CT molecular complexity index is 1260. The topological polar surface area (TPSA) is 64.0 Å². The van der Waals surface area contributed by atoms with E-state index in [-0.39, 0.29) is 24.1 Å². The number of aryl methyl sites for hydroxylation is 2. The minimum absolute atomic E-state index is 0.0476. The fourth-order valence-electron chi connectivity index (χ4n) is 3.38. The molecule has 0 saturated heterocycles. The van der Waals surface area contributed by atoms with Crippen molar-refractivity contribution in [3.05, 3.63) is 75.1 Å². The average molecular weight is 391 g/mol. The van der Waals surface area contributed by atoms with Gasteiger partial charge in [-0.2, -0.15) is 0 Å². The Balaban J connectivity index is 1.53. The first-order valence-corrected chi connectivity index (χ1v) is 9.99. The number of thiophene rings is 1. The van der Waals surface area contributed by atoms with E-state index < -0.39 is 0 Å². The molecule has 4 rings (SSSR count). The maximum absolute atomic E-state index is 12.7. The highest BCUT2D eigenvalue weighted by atomic mass is 32.1. The largest absolute Gasteiger partial charge is 0.348 e. The van der Waals surface area contributed by atoms with Crippen LogP contribution < -0.4 is 10.9 Å². The summed E-state index contributed by atoms with van der Waals surface area (Å²) >= 11 is 1.50. The zero-order valence-electron chi connectivity index (χ0n) is 16.0. The number of hydrogen-bond donors (Lipinski definition) is 1. The Morgan fingerprint density at radius 1 is 1.18 bits per heavy atom. The first-order valence-electron chi connectivity index (χ1n) is 9.17. The maximum atomic E-state index is 12.7. The molecule has 2 aromatic carbocycles. The standard InChI is InChI=1S/C22H21N3O2S/c1-13-15(3)28-21-20(13)22(27)25(12-23-21)11-19(26)24-14(2)17-9-8-16-6-4-5-7-18(16)10-17/h4-10,12,14H,11H2,1-3H3,(H,24,26). The smallest absolute Gasteiger partial charge is 0.262 e. The lowest BCUT2D eigenvalue weighted by atomic mass is 10.0. The Kier molecular flexibility index (Phi) is 4.73. The highest BCUT2D eigenvalue weighted by molar-refractivity contribution is 7.18. The summed E-state index contributed by atoms with van der Waals surface area (Å²) in [7, 11) is 0. The third kappa shape index (κ3) is 3.31. The van der Waals surface area contributed by atoms with Gasteiger partial charge in [0.05, 0.1) is 17.8 Å². The molecule has 0 spiro atoms. The number of rotatable bonds is 4. The summed E-state index contributed by atoms with van der Waals surface area (Å²) in [6.45, 7) is 5.79. The molecule has 1 N–H and O–H groups in total. The molecule has 1 atom stereocenters. The molecule has 1 amide bonds. The van der Waals surface area contributed by atoms with E-state index in [0.29, 0.717) is 5.39 Å². The van der Waals surface area contributed by atoms with Gasteiger partial charge in [-0.15, -0.1) is 11.3 Å². The molecule has 5 nitrogen and oxygen atoms in total. The third-order valence-electron chi connectivity index (χ3n) is 5.12. The molecular weight excluding hydrogens is 370 g/mol. The van der Waals surface area contributed by atoms with Crippen molar-refractivity contribution in [2.45, 2.75) is 33.4 Å². The van der Waals surface area contributed by atoms with Crippen molar-refractivity contribution in [3.8, 4) is 0 Å². The number of nitrogens with zero attached hydrogens (tertiary/aromatic N) is 2. The van der Waals surface area contributed by atoms with Crippen molar-refractivity contribution in [1.29, 1.82) is 0 Å². The van der Waals surface area contributed by atoms with Crippen LogP contribution in [-0.2, 0) is 11.3 Å². The van der Waals surface area contributed by atoms with Gasteiger partial charge in [-0.1, -0.05) is 36.4 Å². The van der Waals surface area contributed by atoms with Crippen molar-refractivity contribution >= 4 is 38.2 Å². The molecule has 0 aliphatic heterocycles. The fraction of sp³-hybridized carbons (Fsp3) is 0.227. The van der Waals surface area contributed by atoms with Crippen molar-refractivity contribution in [1.82, 2.24) is 14.9 Å². The summed E-state index contributed by atoms with van der Waals surface area (Å²) in [5, 5.41) is 5.89. The van der Waals surface area contributed by atoms with Crippen LogP contribution in [0.15, 0.2) is 53.6 Å². The lowest BCUT2D eigenvalue weighted by Gasteiger charge is -2.15. The predicted molar refractivity (Wildman–Crippen MR) is 114 cm³/mol. The van der Waals surface area contributed by atoms with E-state index in [4.69, 9.17) is 0 Å². The quantitative estimate of drug-likeness (QED) is 0.569. The molecule has 0 bridgehead atoms. The summed E-state index contributed by atoms with van der Waals surface area (Å²) in [5.74, 6) is -0.214. The monoisotopic (exact) mass is 391 g/mol. The van der Waals surface area contributed by atoms with Crippen molar-refractivity contribution in [3.63, 3.8) is 0 Å². The van der Waals surface area contributed by atoms with Crippen LogP contribution in [-0.4, -0.2) is 15.5 Å². The van der Waals surface area contributed by atoms with Crippen LogP contribution in [0, 0.1) is 13.8 Å². The van der Waals surface area contributed by atoms with Crippen LogP contribution in [0.1, 0.15) is 29.0 Å². The Morgan fingerprint density at radius 3 is 2.71 bits per heavy atom. The van der Waals surface area contributed by atoms with E-state index in [1.807, 2.05) is 39.0 Å². The number of hydrogen-bond acceptors (Lipinski definition) is 4. The number of carbonyl (C=O) groups is 1. The minimum Gasteiger partial charge on any atom is -0.348 e. The SMILES string of the molecule is Cc1sc2ncn(CC(=O)NC(C)c3ccc4ccccc4c3)c(=O)c2c1C. The van der Waals surface area contributed by atoms with E-state index in [2.05, 4.69) is 34.6 Å². The number of fused-ring (bicyclic) bond motifs is 2. The van der Waals surface area contributed by atoms with E-state index in [1.54, 1.807) is 0 Å². The first-order chi connectivity index (χ1) is 13.4. The molecule has 4 aromatic rings. The van der Waals surface area contributed by atoms with Gasteiger partial charge in [-0.05, 0) is 48.7 Å². The first kappa shape index (κ1) is 18.4. The van der Waals surface area contributed by atoms with Gasteiger partial charge in [0.1, 0.15) is 11.4 Å². The van der Waals surface area contributed by atoms with Crippen LogP contribution in [0.3, 0.4) is 0 Å². The van der Waals surface area contributed by atoms with Crippen LogP contribution in [0.25, 0.3) is 21.0 Å². The molecule has 0 aliphatic rings. The summed E-state index contributed by atoms with van der Waals surface area (Å²) in [5.41, 5.74) is 1.80. The predicted octanol–water partition coefficient (Wildman–Crippen LogP) is 4.11. The number of nitrogens with one attached hydrogen (secondary N) is 1. The lowest BCUT2D eigenvalue weighted by molar-refractivity contribution is -0.122. The summed E-state index contributed by atoms with van der Waals surface area (Å²) in [6.07, 6.45) is 1.46. The molecular formula is C22H21N3O2S. The van der Waals surface area contributed by atoms with Gasteiger partial charge in [0.15, 0.2) is 0 Å². The molecule has 0 fully saturated rings. The molecule has 2 aromatic heterocycles. The lowest BCUT2D eigenvalue weighted by Crippen LogP contribution is -2.34. The Morgan fingerprint density at radius 2 is 1.93 bits per heavy atom. The number of aromatic nitrogens is 2. The maximum Gasteiger partial charge on any atom is 0.262 e. The Labute approximate surface area is 166 Å². The van der Waals surface area contributed by atoms with Crippen LogP contribution in [0.2, 0.25) is 0 Å². The number of benzene rings is 2. The molecule has 0 aliphatic carbocycles. The molecule has 0 radical (unpaired) electrons. The van der Waals surface area contributed by atoms with Gasteiger partial charge < -0.3 is 5.32 Å². The highest BCUT2D eigenvalue weighted by Crippen LogP contribution is 2.25. The van der Waals surface area contributed by atoms with E-state index in [1.165, 1.54) is 22.2 Å². The molecule has 1 unspecified atom stereocenters. The molecule has 142 valence electrons. The zero-order chi connectivity index (χ0) is 19.8. The number of amides is 1. The fourth-order valence-corrected chi connectivity index (χ4v) is 4.37. The summed E-state index contributed by atoms with van der Waals surface area (Å²) in [6, 6.07) is 14.1. The molecule has 2 heterocycles. The van der Waals surface area contributed by atoms with Crippen LogP contribution >= 0.6 is 11.3 Å². The van der Waals surface area contributed by atoms with Gasteiger partial charge in [0.2, 0.25) is 5.91 Å². The highest BCUT2D eigenvalue weighted by Gasteiger charge is 2.15. The zero-order valence-corrected chi connectivity index (χ0v) is 16.8. The van der Waals surface area contributed by atoms with Crippen molar-refractivity contribution in [2.24, 2.45) is 0 Å². The van der Waals surface area contributed by atoms with Crippen LogP contribution in [0.5, 0.6) is 0 Å². The second-order valence-electron chi connectivity index (χ2n) is 7.04. The van der Waals surface area contributed by atoms with Gasteiger partial charge in [-0.25, -0.2) is 4.98 Å². The van der Waals surface area contributed by atoms with E-state index in [9.17, 15) is 9.59 Å². The average Bonchev–Trinajstić information content (AvgIpc) is 2.98. The molecule has 28 heavy (non-hydrogen) atoms. The van der Waals surface area contributed by atoms with Gasteiger partial charge >= 0.3 is 0 Å². The second kappa shape index (κ2) is 7.20. The number of carbonyl (C=O) groups excluding carboxylic acids is 1. The van der Waals surface area contributed by atoms with E-state index in [0.717, 1.165) is 31.6 Å². The van der Waals surface area contributed by atoms with Crippen molar-refractivity contribution in [2.75, 3.05) is 0 Å². The molecule has 0 saturated carbocycles. The van der Waals surface area contributed by atoms with Crippen molar-refractivity contribution < 1.29 is 4.79 Å². The van der Waals surface area contributed by atoms with Gasteiger partial charge in [-0.3, -0.25) is 14.2 Å². The van der Waals surface area contributed by atoms with E-state index >= 15 is 0 Å². The second-order valence-corrected chi connectivity index (χ2v) is 8.24. The summed E-state index contributed by atoms with van der Waals surface area (Å²) < 4.78 is 1.38. The Hall–Kier alpha value is -2.99. The minimum atomic E-state index is -0.214.